The smallest absolute Gasteiger partial charge is 0.246 e. The molecule has 1 aliphatic rings. The third-order valence-corrected chi connectivity index (χ3v) is 6.10. The summed E-state index contributed by atoms with van der Waals surface area (Å²) in [6.07, 6.45) is 2.04. The van der Waals surface area contributed by atoms with Gasteiger partial charge in [-0.1, -0.05) is 25.1 Å². The number of piperidine rings is 1. The molecule has 1 aliphatic heterocycles. The minimum Gasteiger partial charge on any atom is -0.457 e. The van der Waals surface area contributed by atoms with Crippen molar-refractivity contribution in [2.24, 2.45) is 5.92 Å². The van der Waals surface area contributed by atoms with Gasteiger partial charge in [0.25, 0.3) is 0 Å². The molecule has 2 amide bonds. The molecule has 0 bridgehead atoms. The highest BCUT2D eigenvalue weighted by Gasteiger charge is 2.27. The van der Waals surface area contributed by atoms with Gasteiger partial charge in [0.2, 0.25) is 11.8 Å². The quantitative estimate of drug-likeness (QED) is 0.688. The number of likely N-dealkylation sites (tertiary alicyclic amines) is 1. The maximum Gasteiger partial charge on any atom is 0.246 e. The van der Waals surface area contributed by atoms with Crippen LogP contribution in [0.4, 0.5) is 0 Å². The van der Waals surface area contributed by atoms with Crippen molar-refractivity contribution in [3.05, 3.63) is 54.6 Å². The normalized spacial score (nSPS) is 15.6. The second kappa shape index (κ2) is 10.3. The summed E-state index contributed by atoms with van der Waals surface area (Å²) in [5.74, 6) is 2.55. The Labute approximate surface area is 176 Å². The lowest BCUT2D eigenvalue weighted by molar-refractivity contribution is -0.136. The lowest BCUT2D eigenvalue weighted by Crippen LogP contribution is -2.51. The molecule has 0 saturated carbocycles. The van der Waals surface area contributed by atoms with Gasteiger partial charge in [-0.25, -0.2) is 0 Å². The second-order valence-electron chi connectivity index (χ2n) is 7.46. The number of ether oxygens (including phenoxy) is 1. The number of benzene rings is 2. The summed E-state index contributed by atoms with van der Waals surface area (Å²) in [5.41, 5.74) is 0. The zero-order valence-corrected chi connectivity index (χ0v) is 17.8. The molecule has 6 heteroatoms. The van der Waals surface area contributed by atoms with Crippen LogP contribution in [0.1, 0.15) is 26.7 Å². The van der Waals surface area contributed by atoms with Gasteiger partial charge in [0, 0.05) is 30.7 Å². The van der Waals surface area contributed by atoms with Crippen molar-refractivity contribution in [3.63, 3.8) is 0 Å². The van der Waals surface area contributed by atoms with Crippen LogP contribution in [0.15, 0.2) is 59.5 Å². The van der Waals surface area contributed by atoms with E-state index in [1.54, 1.807) is 11.8 Å². The van der Waals surface area contributed by atoms with Crippen LogP contribution < -0.4 is 10.1 Å². The Hall–Kier alpha value is -2.47. The number of para-hydroxylation sites is 1. The fourth-order valence-corrected chi connectivity index (χ4v) is 4.19. The second-order valence-corrected chi connectivity index (χ2v) is 8.55. The summed E-state index contributed by atoms with van der Waals surface area (Å²) in [6.45, 7) is 5.21. The Morgan fingerprint density at radius 3 is 2.31 bits per heavy atom. The summed E-state index contributed by atoms with van der Waals surface area (Å²) in [5, 5.41) is 2.83. The van der Waals surface area contributed by atoms with Crippen LogP contribution in [0.25, 0.3) is 0 Å². The fraction of sp³-hybridized carbons (Fsp3) is 0.391. The first-order valence-electron chi connectivity index (χ1n) is 10.0. The van der Waals surface area contributed by atoms with E-state index in [1.807, 2.05) is 59.5 Å². The largest absolute Gasteiger partial charge is 0.457 e. The Morgan fingerprint density at radius 2 is 1.69 bits per heavy atom. The molecule has 2 aromatic carbocycles. The molecule has 1 fully saturated rings. The molecule has 0 aliphatic carbocycles. The first kappa shape index (κ1) is 21.2. The van der Waals surface area contributed by atoms with Crippen LogP contribution >= 0.6 is 11.8 Å². The minimum atomic E-state index is -0.508. The molecule has 1 saturated heterocycles. The van der Waals surface area contributed by atoms with Gasteiger partial charge in [-0.15, -0.1) is 11.8 Å². The molecule has 0 radical (unpaired) electrons. The molecular weight excluding hydrogens is 384 g/mol. The molecule has 0 aromatic heterocycles. The van der Waals surface area contributed by atoms with Crippen molar-refractivity contribution in [1.82, 2.24) is 10.2 Å². The van der Waals surface area contributed by atoms with Gasteiger partial charge < -0.3 is 15.0 Å². The molecule has 0 spiro atoms. The number of hydrogen-bond acceptors (Lipinski definition) is 4. The molecular formula is C23H28N2O3S. The Kier molecular flexibility index (Phi) is 7.58. The Bertz CT molecular complexity index is 803. The van der Waals surface area contributed by atoms with Gasteiger partial charge in [0.15, 0.2) is 0 Å². The van der Waals surface area contributed by atoms with Crippen molar-refractivity contribution in [2.75, 3.05) is 18.8 Å². The van der Waals surface area contributed by atoms with Gasteiger partial charge in [0.05, 0.1) is 0 Å². The van der Waals surface area contributed by atoms with E-state index in [9.17, 15) is 9.59 Å². The van der Waals surface area contributed by atoms with E-state index >= 15 is 0 Å². The summed E-state index contributed by atoms with van der Waals surface area (Å²) < 4.78 is 5.81. The van der Waals surface area contributed by atoms with Crippen molar-refractivity contribution >= 4 is 23.6 Å². The summed E-state index contributed by atoms with van der Waals surface area (Å²) in [4.78, 5) is 27.4. The Balaban J connectivity index is 1.57. The monoisotopic (exact) mass is 412 g/mol. The van der Waals surface area contributed by atoms with Crippen LogP contribution in [0, 0.1) is 5.92 Å². The number of carbonyl (C=O) groups is 2. The summed E-state index contributed by atoms with van der Waals surface area (Å²) >= 11 is 1.56. The predicted molar refractivity (Wildman–Crippen MR) is 116 cm³/mol. The molecule has 154 valence electrons. The molecule has 2 aromatic rings. The molecule has 29 heavy (non-hydrogen) atoms. The lowest BCUT2D eigenvalue weighted by atomic mass is 9.99. The number of nitrogens with zero attached hydrogens (tertiary/aromatic N) is 1. The number of carbonyl (C=O) groups excluding carboxylic acids is 2. The first-order valence-corrected chi connectivity index (χ1v) is 11.0. The molecule has 1 heterocycles. The van der Waals surface area contributed by atoms with E-state index in [4.69, 9.17) is 4.74 Å². The maximum absolute atomic E-state index is 12.9. The SMILES string of the molecule is CC(=O)NC(CSc1ccc(Oc2ccccc2)cc1)C(=O)N1CCC(C)CC1. The van der Waals surface area contributed by atoms with Crippen LogP contribution in [0.3, 0.4) is 0 Å². The highest BCUT2D eigenvalue weighted by molar-refractivity contribution is 7.99. The standard InChI is InChI=1S/C23H28N2O3S/c1-17-12-14-25(15-13-17)23(27)22(24-18(2)26)16-29-21-10-8-20(9-11-21)28-19-6-4-3-5-7-19/h3-11,17,22H,12-16H2,1-2H3,(H,24,26). The van der Waals surface area contributed by atoms with Crippen LogP contribution in [0.5, 0.6) is 11.5 Å². The van der Waals surface area contributed by atoms with Crippen LogP contribution in [0.2, 0.25) is 0 Å². The van der Waals surface area contributed by atoms with Crippen molar-refractivity contribution in [3.8, 4) is 11.5 Å². The van der Waals surface area contributed by atoms with E-state index < -0.39 is 6.04 Å². The third kappa shape index (κ3) is 6.53. The van der Waals surface area contributed by atoms with Crippen molar-refractivity contribution in [2.45, 2.75) is 37.6 Å². The number of thioether (sulfide) groups is 1. The minimum absolute atomic E-state index is 0.0173. The van der Waals surface area contributed by atoms with Gasteiger partial charge in [0.1, 0.15) is 17.5 Å². The van der Waals surface area contributed by atoms with E-state index in [0.29, 0.717) is 11.7 Å². The topological polar surface area (TPSA) is 58.6 Å². The zero-order valence-electron chi connectivity index (χ0n) is 17.0. The number of amides is 2. The highest BCUT2D eigenvalue weighted by Crippen LogP contribution is 2.26. The van der Waals surface area contributed by atoms with Crippen LogP contribution in [-0.4, -0.2) is 41.6 Å². The van der Waals surface area contributed by atoms with Gasteiger partial charge in [-0.05, 0) is 55.2 Å². The van der Waals surface area contributed by atoms with Gasteiger partial charge >= 0.3 is 0 Å². The molecule has 1 N–H and O–H groups in total. The fourth-order valence-electron chi connectivity index (χ4n) is 3.28. The predicted octanol–water partition coefficient (Wildman–Crippen LogP) is 4.33. The van der Waals surface area contributed by atoms with E-state index in [2.05, 4.69) is 12.2 Å². The maximum atomic E-state index is 12.9. The molecule has 5 nitrogen and oxygen atoms in total. The Morgan fingerprint density at radius 1 is 1.07 bits per heavy atom. The highest BCUT2D eigenvalue weighted by atomic mass is 32.2. The summed E-state index contributed by atoms with van der Waals surface area (Å²) in [7, 11) is 0. The van der Waals surface area contributed by atoms with Crippen molar-refractivity contribution in [1.29, 1.82) is 0 Å². The van der Waals surface area contributed by atoms with Gasteiger partial charge in [-0.2, -0.15) is 0 Å². The van der Waals surface area contributed by atoms with E-state index in [0.717, 1.165) is 42.3 Å². The average Bonchev–Trinajstić information content (AvgIpc) is 2.73. The van der Waals surface area contributed by atoms with Crippen LogP contribution in [-0.2, 0) is 9.59 Å². The molecule has 3 rings (SSSR count). The molecule has 1 atom stereocenters. The van der Waals surface area contributed by atoms with E-state index in [-0.39, 0.29) is 11.8 Å². The van der Waals surface area contributed by atoms with E-state index in [1.165, 1.54) is 6.92 Å². The number of nitrogens with one attached hydrogen (secondary N) is 1. The van der Waals surface area contributed by atoms with Gasteiger partial charge in [-0.3, -0.25) is 9.59 Å². The lowest BCUT2D eigenvalue weighted by Gasteiger charge is -2.33. The number of hydrogen-bond donors (Lipinski definition) is 1. The first-order chi connectivity index (χ1) is 14.0. The van der Waals surface area contributed by atoms with Crippen molar-refractivity contribution < 1.29 is 14.3 Å². The number of rotatable bonds is 7. The molecule has 1 unspecified atom stereocenters. The average molecular weight is 413 g/mol. The zero-order chi connectivity index (χ0) is 20.6. The third-order valence-electron chi connectivity index (χ3n) is 4.99. The summed E-state index contributed by atoms with van der Waals surface area (Å²) in [6, 6.07) is 16.9.